The van der Waals surface area contributed by atoms with Crippen molar-refractivity contribution in [1.29, 1.82) is 0 Å². The molecule has 0 amide bonds. The number of halogens is 1. The lowest BCUT2D eigenvalue weighted by molar-refractivity contribution is 0.247. The smallest absolute Gasteiger partial charge is 0.0476 e. The van der Waals surface area contributed by atoms with Crippen LogP contribution in [0.15, 0.2) is 18.2 Å². The zero-order chi connectivity index (χ0) is 10.8. The highest BCUT2D eigenvalue weighted by Gasteiger charge is 2.22. The van der Waals surface area contributed by atoms with E-state index in [-0.39, 0.29) is 6.61 Å². The topological polar surface area (TPSA) is 72.3 Å². The van der Waals surface area contributed by atoms with E-state index >= 15 is 0 Å². The minimum Gasteiger partial charge on any atom is -0.399 e. The average molecular weight is 215 g/mol. The summed E-state index contributed by atoms with van der Waals surface area (Å²) in [5.41, 5.74) is 12.4. The van der Waals surface area contributed by atoms with Crippen LogP contribution in [-0.4, -0.2) is 11.7 Å². The second-order valence-corrected chi connectivity index (χ2v) is 4.04. The van der Waals surface area contributed by atoms with Crippen LogP contribution in [0.1, 0.15) is 18.9 Å². The van der Waals surface area contributed by atoms with Gasteiger partial charge in [0.2, 0.25) is 0 Å². The van der Waals surface area contributed by atoms with Crippen LogP contribution in [0.25, 0.3) is 0 Å². The summed E-state index contributed by atoms with van der Waals surface area (Å²) in [5.74, 6) is 0. The van der Waals surface area contributed by atoms with E-state index in [2.05, 4.69) is 0 Å². The van der Waals surface area contributed by atoms with Gasteiger partial charge in [-0.3, -0.25) is 0 Å². The Morgan fingerprint density at radius 2 is 2.14 bits per heavy atom. The minimum absolute atomic E-state index is 0.0354. The molecule has 5 N–H and O–H groups in total. The zero-order valence-corrected chi connectivity index (χ0v) is 8.88. The van der Waals surface area contributed by atoms with E-state index in [1.165, 1.54) is 0 Å². The van der Waals surface area contributed by atoms with Gasteiger partial charge in [-0.25, -0.2) is 0 Å². The van der Waals surface area contributed by atoms with Crippen LogP contribution >= 0.6 is 11.6 Å². The van der Waals surface area contributed by atoms with Crippen LogP contribution < -0.4 is 11.5 Å². The molecule has 14 heavy (non-hydrogen) atoms. The molecule has 0 aliphatic carbocycles. The van der Waals surface area contributed by atoms with E-state index in [0.717, 1.165) is 5.56 Å². The van der Waals surface area contributed by atoms with Crippen LogP contribution in [0, 0.1) is 0 Å². The summed E-state index contributed by atoms with van der Waals surface area (Å²) >= 11 is 6.01. The third kappa shape index (κ3) is 2.38. The van der Waals surface area contributed by atoms with E-state index in [0.29, 0.717) is 17.1 Å². The second kappa shape index (κ2) is 4.17. The molecule has 0 saturated carbocycles. The van der Waals surface area contributed by atoms with E-state index < -0.39 is 5.54 Å². The van der Waals surface area contributed by atoms with Gasteiger partial charge < -0.3 is 16.6 Å². The van der Waals surface area contributed by atoms with Crippen molar-refractivity contribution in [3.63, 3.8) is 0 Å². The predicted molar refractivity (Wildman–Crippen MR) is 59.1 cm³/mol. The van der Waals surface area contributed by atoms with Crippen LogP contribution in [0.2, 0.25) is 5.02 Å². The summed E-state index contributed by atoms with van der Waals surface area (Å²) in [6.07, 6.45) is 0.469. The summed E-state index contributed by atoms with van der Waals surface area (Å²) in [6.45, 7) is 1.87. The van der Waals surface area contributed by atoms with Gasteiger partial charge in [0.25, 0.3) is 0 Å². The molecule has 0 aliphatic heterocycles. The summed E-state index contributed by atoms with van der Waals surface area (Å²) in [5, 5.41) is 9.41. The Morgan fingerprint density at radius 3 is 2.64 bits per heavy atom. The molecule has 1 atom stereocenters. The molecule has 0 fully saturated rings. The van der Waals surface area contributed by atoms with Gasteiger partial charge in [0, 0.05) is 22.9 Å². The predicted octanol–water partition coefficient (Wildman–Crippen LogP) is 1.48. The lowest BCUT2D eigenvalue weighted by Crippen LogP contribution is -2.34. The van der Waals surface area contributed by atoms with E-state index in [4.69, 9.17) is 28.2 Å². The first-order chi connectivity index (χ1) is 6.47. The Kier molecular flexibility index (Phi) is 3.37. The Bertz CT molecular complexity index is 326. The highest BCUT2D eigenvalue weighted by atomic mass is 35.5. The van der Waals surface area contributed by atoms with Crippen LogP contribution in [-0.2, 0) is 5.54 Å². The summed E-state index contributed by atoms with van der Waals surface area (Å²) in [7, 11) is 0. The summed E-state index contributed by atoms with van der Waals surface area (Å²) in [6, 6.07) is 5.22. The van der Waals surface area contributed by atoms with Gasteiger partial charge in [-0.1, -0.05) is 17.7 Å². The normalized spacial score (nSPS) is 15.1. The van der Waals surface area contributed by atoms with Crippen LogP contribution in [0.4, 0.5) is 5.69 Å². The van der Waals surface area contributed by atoms with Gasteiger partial charge in [0.15, 0.2) is 0 Å². The van der Waals surface area contributed by atoms with Crippen molar-refractivity contribution in [3.05, 3.63) is 28.8 Å². The molecule has 1 rings (SSSR count). The maximum Gasteiger partial charge on any atom is 0.0476 e. The standard InChI is InChI=1S/C10H15ClN2O/c1-10(13,4-5-14)8-3-2-7(12)6-9(8)11/h2-3,6,14H,4-5,12-13H2,1H3/t10-/m1/s1. The molecule has 78 valence electrons. The molecule has 1 aromatic carbocycles. The molecule has 1 aromatic rings. The van der Waals surface area contributed by atoms with Gasteiger partial charge in [-0.15, -0.1) is 0 Å². The molecule has 3 nitrogen and oxygen atoms in total. The van der Waals surface area contributed by atoms with Crippen molar-refractivity contribution < 1.29 is 5.11 Å². The molecule has 0 aliphatic rings. The first-order valence-corrected chi connectivity index (χ1v) is 4.80. The number of nitrogens with two attached hydrogens (primary N) is 2. The Morgan fingerprint density at radius 1 is 1.50 bits per heavy atom. The average Bonchev–Trinajstić information content (AvgIpc) is 2.02. The van der Waals surface area contributed by atoms with Crippen molar-refractivity contribution in [2.45, 2.75) is 18.9 Å². The maximum atomic E-state index is 8.86. The highest BCUT2D eigenvalue weighted by molar-refractivity contribution is 6.31. The van der Waals surface area contributed by atoms with Gasteiger partial charge in [0.1, 0.15) is 0 Å². The molecule has 0 heterocycles. The fourth-order valence-corrected chi connectivity index (χ4v) is 1.77. The van der Waals surface area contributed by atoms with Crippen molar-refractivity contribution in [3.8, 4) is 0 Å². The third-order valence-electron chi connectivity index (χ3n) is 2.24. The van der Waals surface area contributed by atoms with Gasteiger partial charge >= 0.3 is 0 Å². The lowest BCUT2D eigenvalue weighted by Gasteiger charge is -2.25. The SMILES string of the molecule is C[C@@](N)(CCO)c1ccc(N)cc1Cl. The van der Waals surface area contributed by atoms with Crippen molar-refractivity contribution in [2.24, 2.45) is 5.73 Å². The van der Waals surface area contributed by atoms with Crippen LogP contribution in [0.3, 0.4) is 0 Å². The van der Waals surface area contributed by atoms with Gasteiger partial charge in [-0.2, -0.15) is 0 Å². The minimum atomic E-state index is -0.612. The van der Waals surface area contributed by atoms with Crippen molar-refractivity contribution in [2.75, 3.05) is 12.3 Å². The van der Waals surface area contributed by atoms with Gasteiger partial charge in [0.05, 0.1) is 0 Å². The molecule has 4 heteroatoms. The Labute approximate surface area is 88.7 Å². The lowest BCUT2D eigenvalue weighted by atomic mass is 9.90. The fourth-order valence-electron chi connectivity index (χ4n) is 1.36. The molecule has 0 aromatic heterocycles. The Hall–Kier alpha value is -0.770. The largest absolute Gasteiger partial charge is 0.399 e. The molecular formula is C10H15ClN2O. The number of hydrogen-bond acceptors (Lipinski definition) is 3. The number of aliphatic hydroxyl groups excluding tert-OH is 1. The number of rotatable bonds is 3. The molecule has 0 saturated heterocycles. The number of hydrogen-bond donors (Lipinski definition) is 3. The number of benzene rings is 1. The fraction of sp³-hybridized carbons (Fsp3) is 0.400. The molecule has 0 unspecified atom stereocenters. The third-order valence-corrected chi connectivity index (χ3v) is 2.55. The highest BCUT2D eigenvalue weighted by Crippen LogP contribution is 2.29. The number of nitrogen functional groups attached to an aromatic ring is 1. The maximum absolute atomic E-state index is 8.86. The number of anilines is 1. The molecule has 0 radical (unpaired) electrons. The second-order valence-electron chi connectivity index (χ2n) is 3.63. The zero-order valence-electron chi connectivity index (χ0n) is 8.13. The van der Waals surface area contributed by atoms with E-state index in [9.17, 15) is 0 Å². The summed E-state index contributed by atoms with van der Waals surface area (Å²) < 4.78 is 0. The Balaban J connectivity index is 3.06. The van der Waals surface area contributed by atoms with E-state index in [1.807, 2.05) is 6.92 Å². The quantitative estimate of drug-likeness (QED) is 0.668. The van der Waals surface area contributed by atoms with Crippen LogP contribution in [0.5, 0.6) is 0 Å². The van der Waals surface area contributed by atoms with Gasteiger partial charge in [-0.05, 0) is 31.0 Å². The first kappa shape index (κ1) is 11.3. The molecule has 0 bridgehead atoms. The van der Waals surface area contributed by atoms with E-state index in [1.54, 1.807) is 18.2 Å². The van der Waals surface area contributed by atoms with Crippen molar-refractivity contribution >= 4 is 17.3 Å². The van der Waals surface area contributed by atoms with Crippen molar-refractivity contribution in [1.82, 2.24) is 0 Å². The first-order valence-electron chi connectivity index (χ1n) is 4.42. The molecule has 0 spiro atoms. The summed E-state index contributed by atoms with van der Waals surface area (Å²) in [4.78, 5) is 0. The molecular weight excluding hydrogens is 200 g/mol. The monoisotopic (exact) mass is 214 g/mol. The number of aliphatic hydroxyl groups is 1.